The summed E-state index contributed by atoms with van der Waals surface area (Å²) in [6, 6.07) is 5.09. The normalized spacial score (nSPS) is 10.6. The predicted octanol–water partition coefficient (Wildman–Crippen LogP) is 2.54. The molecule has 17 heavy (non-hydrogen) atoms. The number of hydrogen-bond donors (Lipinski definition) is 1. The number of nitrogens with zero attached hydrogens (tertiary/aromatic N) is 2. The van der Waals surface area contributed by atoms with Crippen molar-refractivity contribution in [3.8, 4) is 0 Å². The summed E-state index contributed by atoms with van der Waals surface area (Å²) < 4.78 is 5.11. The molecule has 0 spiro atoms. The maximum atomic E-state index is 11.9. The summed E-state index contributed by atoms with van der Waals surface area (Å²) in [6.45, 7) is 0. The molecule has 1 N–H and O–H groups in total. The minimum atomic E-state index is -0.204. The van der Waals surface area contributed by atoms with Gasteiger partial charge in [-0.3, -0.25) is 10.1 Å². The van der Waals surface area contributed by atoms with E-state index in [1.54, 1.807) is 29.8 Å². The van der Waals surface area contributed by atoms with Crippen molar-refractivity contribution in [1.82, 2.24) is 9.97 Å². The van der Waals surface area contributed by atoms with Crippen LogP contribution in [0, 0.1) is 0 Å². The quantitative estimate of drug-likeness (QED) is 0.753. The van der Waals surface area contributed by atoms with Crippen LogP contribution >= 0.6 is 11.3 Å². The zero-order valence-corrected chi connectivity index (χ0v) is 9.40. The van der Waals surface area contributed by atoms with Crippen molar-refractivity contribution in [3.05, 3.63) is 41.7 Å². The largest absolute Gasteiger partial charge is 0.443 e. The van der Waals surface area contributed by atoms with E-state index in [9.17, 15) is 4.79 Å². The van der Waals surface area contributed by atoms with Crippen LogP contribution in [0.5, 0.6) is 0 Å². The molecule has 1 aromatic carbocycles. The fourth-order valence-corrected chi connectivity index (χ4v) is 1.98. The van der Waals surface area contributed by atoms with E-state index in [1.807, 2.05) is 0 Å². The highest BCUT2D eigenvalue weighted by atomic mass is 32.1. The van der Waals surface area contributed by atoms with Crippen LogP contribution in [-0.4, -0.2) is 15.9 Å². The number of aromatic nitrogens is 2. The summed E-state index contributed by atoms with van der Waals surface area (Å²) in [5.74, 6) is -0.204. The number of nitrogens with one attached hydrogen (secondary N) is 1. The van der Waals surface area contributed by atoms with E-state index < -0.39 is 0 Å². The molecule has 3 rings (SSSR count). The molecule has 0 aliphatic heterocycles. The first-order valence-corrected chi connectivity index (χ1v) is 5.75. The first kappa shape index (κ1) is 9.98. The molecule has 0 atom stereocenters. The van der Waals surface area contributed by atoms with Gasteiger partial charge in [-0.1, -0.05) is 0 Å². The van der Waals surface area contributed by atoms with Gasteiger partial charge < -0.3 is 4.42 Å². The van der Waals surface area contributed by atoms with Crippen molar-refractivity contribution < 1.29 is 9.21 Å². The fourth-order valence-electron chi connectivity index (χ4n) is 1.45. The lowest BCUT2D eigenvalue weighted by Crippen LogP contribution is -2.11. The van der Waals surface area contributed by atoms with E-state index >= 15 is 0 Å². The van der Waals surface area contributed by atoms with Gasteiger partial charge in [0.1, 0.15) is 5.52 Å². The highest BCUT2D eigenvalue weighted by Crippen LogP contribution is 2.16. The molecular weight excluding hydrogens is 238 g/mol. The Morgan fingerprint density at radius 2 is 2.29 bits per heavy atom. The van der Waals surface area contributed by atoms with Gasteiger partial charge >= 0.3 is 0 Å². The molecule has 0 saturated heterocycles. The number of carbonyl (C=O) groups excluding carboxylic acids is 1. The number of hydrogen-bond acceptors (Lipinski definition) is 5. The van der Waals surface area contributed by atoms with Crippen LogP contribution < -0.4 is 5.32 Å². The van der Waals surface area contributed by atoms with Crippen LogP contribution in [0.2, 0.25) is 0 Å². The van der Waals surface area contributed by atoms with E-state index in [2.05, 4.69) is 15.3 Å². The molecule has 84 valence electrons. The Balaban J connectivity index is 1.90. The second-order valence-corrected chi connectivity index (χ2v) is 4.22. The number of rotatable bonds is 2. The monoisotopic (exact) mass is 245 g/mol. The molecule has 2 heterocycles. The zero-order valence-electron chi connectivity index (χ0n) is 8.58. The number of benzene rings is 1. The molecular formula is C11H7N3O2S. The van der Waals surface area contributed by atoms with Gasteiger partial charge in [0.25, 0.3) is 5.91 Å². The summed E-state index contributed by atoms with van der Waals surface area (Å²) in [6.07, 6.45) is 2.99. The fraction of sp³-hybridized carbons (Fsp3) is 0. The number of amides is 1. The number of oxazole rings is 1. The van der Waals surface area contributed by atoms with Gasteiger partial charge in [0.2, 0.25) is 0 Å². The Bertz CT molecular complexity index is 660. The first-order chi connectivity index (χ1) is 8.33. The Kier molecular flexibility index (Phi) is 2.34. The van der Waals surface area contributed by atoms with Crippen LogP contribution in [0.3, 0.4) is 0 Å². The van der Waals surface area contributed by atoms with Crippen LogP contribution in [-0.2, 0) is 0 Å². The van der Waals surface area contributed by atoms with Gasteiger partial charge in [0, 0.05) is 17.1 Å². The average molecular weight is 245 g/mol. The molecule has 0 unspecified atom stereocenters. The van der Waals surface area contributed by atoms with Crippen molar-refractivity contribution in [3.63, 3.8) is 0 Å². The molecule has 3 aromatic rings. The highest BCUT2D eigenvalue weighted by molar-refractivity contribution is 7.13. The lowest BCUT2D eigenvalue weighted by molar-refractivity contribution is 0.102. The Hall–Kier alpha value is -2.21. The van der Waals surface area contributed by atoms with E-state index in [1.165, 1.54) is 17.7 Å². The third kappa shape index (κ3) is 1.90. The van der Waals surface area contributed by atoms with E-state index in [0.717, 1.165) is 0 Å². The zero-order chi connectivity index (χ0) is 11.7. The summed E-state index contributed by atoms with van der Waals surface area (Å²) in [5.41, 5.74) is 1.86. The summed E-state index contributed by atoms with van der Waals surface area (Å²) in [4.78, 5) is 19.9. The van der Waals surface area contributed by atoms with Crippen molar-refractivity contribution in [2.24, 2.45) is 0 Å². The molecule has 5 nitrogen and oxygen atoms in total. The highest BCUT2D eigenvalue weighted by Gasteiger charge is 2.09. The number of thiazole rings is 1. The van der Waals surface area contributed by atoms with Gasteiger partial charge in [-0.15, -0.1) is 11.3 Å². The third-order valence-corrected chi connectivity index (χ3v) is 2.93. The molecule has 6 heteroatoms. The van der Waals surface area contributed by atoms with Crippen molar-refractivity contribution in [2.45, 2.75) is 0 Å². The van der Waals surface area contributed by atoms with Crippen LogP contribution in [0.25, 0.3) is 11.1 Å². The molecule has 1 amide bonds. The van der Waals surface area contributed by atoms with Crippen molar-refractivity contribution in [1.29, 1.82) is 0 Å². The summed E-state index contributed by atoms with van der Waals surface area (Å²) in [5, 5.41) is 5.09. The Labute approximate surface area is 100 Å². The lowest BCUT2D eigenvalue weighted by atomic mass is 10.2. The van der Waals surface area contributed by atoms with E-state index in [0.29, 0.717) is 21.8 Å². The van der Waals surface area contributed by atoms with Crippen LogP contribution in [0.15, 0.2) is 40.6 Å². The first-order valence-electron chi connectivity index (χ1n) is 4.87. The summed E-state index contributed by atoms with van der Waals surface area (Å²) in [7, 11) is 0. The molecule has 0 saturated carbocycles. The predicted molar refractivity (Wildman–Crippen MR) is 64.1 cm³/mol. The molecule has 0 aliphatic rings. The van der Waals surface area contributed by atoms with Gasteiger partial charge in [-0.05, 0) is 18.2 Å². The smallest absolute Gasteiger partial charge is 0.257 e. The SMILES string of the molecule is O=C(Nc1nccs1)c1ccc2ocnc2c1. The molecule has 0 bridgehead atoms. The van der Waals surface area contributed by atoms with Crippen molar-refractivity contribution in [2.75, 3.05) is 5.32 Å². The van der Waals surface area contributed by atoms with Gasteiger partial charge in [0.05, 0.1) is 0 Å². The minimum absolute atomic E-state index is 0.204. The molecule has 0 aliphatic carbocycles. The molecule has 2 aromatic heterocycles. The van der Waals surface area contributed by atoms with Gasteiger partial charge in [-0.2, -0.15) is 0 Å². The second kappa shape index (κ2) is 3.99. The van der Waals surface area contributed by atoms with E-state index in [4.69, 9.17) is 4.42 Å². The van der Waals surface area contributed by atoms with Crippen molar-refractivity contribution >= 4 is 33.5 Å². The van der Waals surface area contributed by atoms with Crippen LogP contribution in [0.1, 0.15) is 10.4 Å². The second-order valence-electron chi connectivity index (χ2n) is 3.33. The van der Waals surface area contributed by atoms with E-state index in [-0.39, 0.29) is 5.91 Å². The Morgan fingerprint density at radius 3 is 3.12 bits per heavy atom. The maximum Gasteiger partial charge on any atom is 0.257 e. The third-order valence-electron chi connectivity index (χ3n) is 2.25. The Morgan fingerprint density at radius 1 is 1.35 bits per heavy atom. The van der Waals surface area contributed by atoms with Gasteiger partial charge in [-0.25, -0.2) is 9.97 Å². The number of fused-ring (bicyclic) bond motifs is 1. The van der Waals surface area contributed by atoms with Gasteiger partial charge in [0.15, 0.2) is 17.1 Å². The lowest BCUT2D eigenvalue weighted by Gasteiger charge is -2.00. The number of carbonyl (C=O) groups is 1. The molecule has 0 radical (unpaired) electrons. The number of anilines is 1. The topological polar surface area (TPSA) is 68.0 Å². The standard InChI is InChI=1S/C11H7N3O2S/c15-10(14-11-12-3-4-17-11)7-1-2-9-8(5-7)13-6-16-9/h1-6H,(H,12,14,15). The summed E-state index contributed by atoms with van der Waals surface area (Å²) >= 11 is 1.37. The average Bonchev–Trinajstić information content (AvgIpc) is 2.97. The minimum Gasteiger partial charge on any atom is -0.443 e. The van der Waals surface area contributed by atoms with Crippen LogP contribution in [0.4, 0.5) is 5.13 Å². The maximum absolute atomic E-state index is 11.9. The molecule has 0 fully saturated rings.